The summed E-state index contributed by atoms with van der Waals surface area (Å²) in [6, 6.07) is 2.55. The summed E-state index contributed by atoms with van der Waals surface area (Å²) in [7, 11) is 0. The van der Waals surface area contributed by atoms with Crippen molar-refractivity contribution in [2.45, 2.75) is 6.92 Å². The molecule has 0 bridgehead atoms. The van der Waals surface area contributed by atoms with E-state index in [-0.39, 0.29) is 0 Å². The van der Waals surface area contributed by atoms with Gasteiger partial charge in [-0.2, -0.15) is 0 Å². The van der Waals surface area contributed by atoms with Gasteiger partial charge in [0.25, 0.3) is 5.91 Å². The van der Waals surface area contributed by atoms with Gasteiger partial charge in [0.2, 0.25) is 0 Å². The van der Waals surface area contributed by atoms with Crippen molar-refractivity contribution >= 4 is 17.6 Å². The highest BCUT2D eigenvalue weighted by Gasteiger charge is 2.20. The van der Waals surface area contributed by atoms with E-state index in [1.165, 1.54) is 18.5 Å². The summed E-state index contributed by atoms with van der Waals surface area (Å²) in [4.78, 5) is 26.9. The van der Waals surface area contributed by atoms with Crippen molar-refractivity contribution in [1.29, 1.82) is 0 Å². The van der Waals surface area contributed by atoms with Crippen LogP contribution in [0.1, 0.15) is 26.3 Å². The SMILES string of the molecule is Cc1cnccc1NC(=O)c1cc(F)c(F)cc1C(=O)O. The molecule has 5 nitrogen and oxygen atoms in total. The number of anilines is 1. The summed E-state index contributed by atoms with van der Waals surface area (Å²) in [5.41, 5.74) is -0.0305. The van der Waals surface area contributed by atoms with Crippen molar-refractivity contribution in [3.05, 3.63) is 58.9 Å². The third-order valence-corrected chi connectivity index (χ3v) is 2.80. The van der Waals surface area contributed by atoms with Crippen LogP contribution in [0.2, 0.25) is 0 Å². The van der Waals surface area contributed by atoms with Gasteiger partial charge >= 0.3 is 5.97 Å². The molecule has 0 saturated carbocycles. The average Bonchev–Trinajstić information content (AvgIpc) is 2.43. The Balaban J connectivity index is 2.42. The van der Waals surface area contributed by atoms with E-state index in [9.17, 15) is 18.4 Å². The fourth-order valence-electron chi connectivity index (χ4n) is 1.71. The largest absolute Gasteiger partial charge is 0.478 e. The average molecular weight is 292 g/mol. The second-order valence-corrected chi connectivity index (χ2v) is 4.26. The van der Waals surface area contributed by atoms with Crippen molar-refractivity contribution in [2.75, 3.05) is 5.32 Å². The molecule has 0 aliphatic heterocycles. The van der Waals surface area contributed by atoms with Gasteiger partial charge in [-0.3, -0.25) is 9.78 Å². The maximum atomic E-state index is 13.2. The van der Waals surface area contributed by atoms with Crippen molar-refractivity contribution in [3.8, 4) is 0 Å². The summed E-state index contributed by atoms with van der Waals surface area (Å²) < 4.78 is 26.3. The van der Waals surface area contributed by atoms with Crippen LogP contribution < -0.4 is 5.32 Å². The number of nitrogens with zero attached hydrogens (tertiary/aromatic N) is 1. The van der Waals surface area contributed by atoms with Gasteiger partial charge in [0.05, 0.1) is 11.1 Å². The van der Waals surface area contributed by atoms with Crippen LogP contribution in [0.25, 0.3) is 0 Å². The highest BCUT2D eigenvalue weighted by atomic mass is 19.2. The third-order valence-electron chi connectivity index (χ3n) is 2.80. The molecule has 0 spiro atoms. The fourth-order valence-corrected chi connectivity index (χ4v) is 1.71. The van der Waals surface area contributed by atoms with E-state index in [0.29, 0.717) is 23.4 Å². The zero-order valence-corrected chi connectivity index (χ0v) is 10.9. The lowest BCUT2D eigenvalue weighted by molar-refractivity contribution is 0.0691. The van der Waals surface area contributed by atoms with Gasteiger partial charge in [0, 0.05) is 18.1 Å². The number of carbonyl (C=O) groups is 2. The number of hydrogen-bond donors (Lipinski definition) is 2. The second kappa shape index (κ2) is 5.66. The Bertz CT molecular complexity index is 732. The molecule has 0 aliphatic carbocycles. The topological polar surface area (TPSA) is 79.3 Å². The molecule has 2 aromatic rings. The molecular weight excluding hydrogens is 282 g/mol. The van der Waals surface area contributed by atoms with Gasteiger partial charge in [0.1, 0.15) is 0 Å². The predicted octanol–water partition coefficient (Wildman–Crippen LogP) is 2.62. The number of aromatic carboxylic acids is 1. The zero-order valence-electron chi connectivity index (χ0n) is 10.9. The van der Waals surface area contributed by atoms with Crippen molar-refractivity contribution < 1.29 is 23.5 Å². The summed E-state index contributed by atoms with van der Waals surface area (Å²) in [5.74, 6) is -4.99. The molecule has 108 valence electrons. The summed E-state index contributed by atoms with van der Waals surface area (Å²) in [6.07, 6.45) is 2.94. The van der Waals surface area contributed by atoms with E-state index < -0.39 is 34.6 Å². The lowest BCUT2D eigenvalue weighted by Crippen LogP contribution is -2.18. The van der Waals surface area contributed by atoms with Gasteiger partial charge < -0.3 is 10.4 Å². The van der Waals surface area contributed by atoms with Gasteiger partial charge in [-0.1, -0.05) is 0 Å². The van der Waals surface area contributed by atoms with Crippen LogP contribution >= 0.6 is 0 Å². The third kappa shape index (κ3) is 3.02. The van der Waals surface area contributed by atoms with Gasteiger partial charge in [-0.05, 0) is 30.7 Å². The number of carbonyl (C=O) groups excluding carboxylic acids is 1. The molecule has 0 saturated heterocycles. The van der Waals surface area contributed by atoms with Crippen LogP contribution in [0, 0.1) is 18.6 Å². The number of benzene rings is 1. The quantitative estimate of drug-likeness (QED) is 0.911. The maximum absolute atomic E-state index is 13.2. The molecule has 0 unspecified atom stereocenters. The standard InChI is InChI=1S/C14H10F2N2O3/c1-7-6-17-3-2-12(7)18-13(19)8-4-10(15)11(16)5-9(8)14(20)21/h2-6H,1H3,(H,20,21)(H,17,18,19). The van der Waals surface area contributed by atoms with Crippen LogP contribution in [-0.2, 0) is 0 Å². The monoisotopic (exact) mass is 292 g/mol. The highest BCUT2D eigenvalue weighted by molar-refractivity contribution is 6.10. The van der Waals surface area contributed by atoms with Gasteiger partial charge in [0.15, 0.2) is 11.6 Å². The van der Waals surface area contributed by atoms with E-state index >= 15 is 0 Å². The molecule has 0 aliphatic rings. The minimum absolute atomic E-state index is 0.399. The number of amides is 1. The first-order chi connectivity index (χ1) is 9.90. The minimum Gasteiger partial charge on any atom is -0.478 e. The van der Waals surface area contributed by atoms with Crippen LogP contribution in [-0.4, -0.2) is 22.0 Å². The van der Waals surface area contributed by atoms with Crippen LogP contribution in [0.15, 0.2) is 30.6 Å². The molecule has 0 radical (unpaired) electrons. The number of aromatic nitrogens is 1. The van der Waals surface area contributed by atoms with E-state index in [2.05, 4.69) is 10.3 Å². The summed E-state index contributed by atoms with van der Waals surface area (Å²) >= 11 is 0. The predicted molar refractivity (Wildman–Crippen MR) is 70.2 cm³/mol. The van der Waals surface area contributed by atoms with E-state index in [1.807, 2.05) is 0 Å². The Labute approximate surface area is 118 Å². The smallest absolute Gasteiger partial charge is 0.336 e. The van der Waals surface area contributed by atoms with Crippen molar-refractivity contribution in [3.63, 3.8) is 0 Å². The summed E-state index contributed by atoms with van der Waals surface area (Å²) in [6.45, 7) is 1.69. The number of pyridine rings is 1. The number of carboxylic acids is 1. The van der Waals surface area contributed by atoms with E-state index in [0.717, 1.165) is 0 Å². The Kier molecular flexibility index (Phi) is 3.93. The van der Waals surface area contributed by atoms with Crippen LogP contribution in [0.3, 0.4) is 0 Å². The van der Waals surface area contributed by atoms with Gasteiger partial charge in [-0.15, -0.1) is 0 Å². The molecule has 1 aromatic carbocycles. The zero-order chi connectivity index (χ0) is 15.6. The number of rotatable bonds is 3. The Morgan fingerprint density at radius 3 is 2.38 bits per heavy atom. The van der Waals surface area contributed by atoms with E-state index in [1.54, 1.807) is 6.92 Å². The molecule has 21 heavy (non-hydrogen) atoms. The second-order valence-electron chi connectivity index (χ2n) is 4.26. The Morgan fingerprint density at radius 1 is 1.19 bits per heavy atom. The van der Waals surface area contributed by atoms with E-state index in [4.69, 9.17) is 5.11 Å². The molecule has 0 fully saturated rings. The lowest BCUT2D eigenvalue weighted by atomic mass is 10.1. The number of halogens is 2. The molecule has 2 rings (SSSR count). The Hall–Kier alpha value is -2.83. The first-order valence-corrected chi connectivity index (χ1v) is 5.84. The number of aryl methyl sites for hydroxylation is 1. The highest BCUT2D eigenvalue weighted by Crippen LogP contribution is 2.18. The van der Waals surface area contributed by atoms with Crippen molar-refractivity contribution in [1.82, 2.24) is 4.98 Å². The number of nitrogens with one attached hydrogen (secondary N) is 1. The Morgan fingerprint density at radius 2 is 1.81 bits per heavy atom. The first kappa shape index (κ1) is 14.6. The molecular formula is C14H10F2N2O3. The summed E-state index contributed by atoms with van der Waals surface area (Å²) in [5, 5.41) is 11.4. The molecule has 1 aromatic heterocycles. The van der Waals surface area contributed by atoms with Crippen LogP contribution in [0.5, 0.6) is 0 Å². The molecule has 1 heterocycles. The molecule has 0 atom stereocenters. The number of hydrogen-bond acceptors (Lipinski definition) is 3. The fraction of sp³-hybridized carbons (Fsp3) is 0.0714. The minimum atomic E-state index is -1.52. The lowest BCUT2D eigenvalue weighted by Gasteiger charge is -2.10. The van der Waals surface area contributed by atoms with Crippen LogP contribution in [0.4, 0.5) is 14.5 Å². The van der Waals surface area contributed by atoms with Crippen molar-refractivity contribution in [2.24, 2.45) is 0 Å². The molecule has 1 amide bonds. The first-order valence-electron chi connectivity index (χ1n) is 5.84. The molecule has 2 N–H and O–H groups in total. The normalized spacial score (nSPS) is 10.2. The van der Waals surface area contributed by atoms with Gasteiger partial charge in [-0.25, -0.2) is 13.6 Å². The molecule has 7 heteroatoms. The number of carboxylic acid groups (broad SMARTS) is 1. The maximum Gasteiger partial charge on any atom is 0.336 e.